The summed E-state index contributed by atoms with van der Waals surface area (Å²) < 4.78 is 35.0. The van der Waals surface area contributed by atoms with Gasteiger partial charge < -0.3 is 10.1 Å². The van der Waals surface area contributed by atoms with Crippen LogP contribution in [-0.2, 0) is 14.8 Å². The van der Waals surface area contributed by atoms with Crippen LogP contribution >= 0.6 is 0 Å². The highest BCUT2D eigenvalue weighted by atomic mass is 32.2. The maximum Gasteiger partial charge on any atom is 0.252 e. The summed E-state index contributed by atoms with van der Waals surface area (Å²) in [6, 6.07) is 8.53. The molecule has 1 aromatic carbocycles. The minimum atomic E-state index is -3.57. The Balaban J connectivity index is 1.40. The van der Waals surface area contributed by atoms with E-state index in [1.807, 2.05) is 6.92 Å². The molecule has 3 aromatic rings. The fraction of sp³-hybridized carbons (Fsp3) is 0.480. The first-order chi connectivity index (χ1) is 16.9. The Morgan fingerprint density at radius 1 is 1.06 bits per heavy atom. The first-order valence-corrected chi connectivity index (χ1v) is 13.6. The van der Waals surface area contributed by atoms with E-state index in [2.05, 4.69) is 15.3 Å². The zero-order valence-corrected chi connectivity index (χ0v) is 20.9. The molecule has 1 aliphatic heterocycles. The van der Waals surface area contributed by atoms with Crippen LogP contribution in [0.4, 0.5) is 11.6 Å². The molecular weight excluding hydrogens is 466 g/mol. The number of ether oxygens (including phenoxy) is 1. The molecule has 10 heteroatoms. The van der Waals surface area contributed by atoms with Crippen LogP contribution in [-0.4, -0.2) is 53.6 Å². The van der Waals surface area contributed by atoms with Crippen LogP contribution in [0.3, 0.4) is 0 Å². The second-order valence-corrected chi connectivity index (χ2v) is 11.3. The van der Waals surface area contributed by atoms with E-state index < -0.39 is 10.0 Å². The standard InChI is InChI=1S/C25H31N5O4S/c1-17-15-21(35(32,33)29-13-11-20(34-2)12-14-29)8-9-22(17)27-25-26-16-18-7-10-23(31)30(24(18)28-25)19-5-3-4-6-19/h7-10,15-16,19-20H,3-6,11-14H2,1-2H3,(H,26,27,28). The molecule has 0 spiro atoms. The molecule has 0 amide bonds. The SMILES string of the molecule is COC1CCN(S(=O)(=O)c2ccc(Nc3ncc4ccc(=O)n(C5CCCC5)c4n3)c(C)c2)CC1. The predicted molar refractivity (Wildman–Crippen MR) is 135 cm³/mol. The van der Waals surface area contributed by atoms with Crippen molar-refractivity contribution >= 4 is 32.7 Å². The Hall–Kier alpha value is -2.82. The summed E-state index contributed by atoms with van der Waals surface area (Å²) >= 11 is 0. The Kier molecular flexibility index (Phi) is 6.61. The Bertz CT molecular complexity index is 1390. The van der Waals surface area contributed by atoms with Gasteiger partial charge in [0.2, 0.25) is 16.0 Å². The third-order valence-corrected chi connectivity index (χ3v) is 9.07. The molecule has 186 valence electrons. The Morgan fingerprint density at radius 2 is 1.80 bits per heavy atom. The van der Waals surface area contributed by atoms with Gasteiger partial charge in [-0.1, -0.05) is 12.8 Å². The smallest absolute Gasteiger partial charge is 0.252 e. The summed E-state index contributed by atoms with van der Waals surface area (Å²) in [5.74, 6) is 0.371. The Labute approximate surface area is 205 Å². The number of benzene rings is 1. The second-order valence-electron chi connectivity index (χ2n) is 9.39. The van der Waals surface area contributed by atoms with Gasteiger partial charge in [-0.05, 0) is 62.4 Å². The molecule has 0 unspecified atom stereocenters. The van der Waals surface area contributed by atoms with Crippen LogP contribution in [0.2, 0.25) is 0 Å². The number of fused-ring (bicyclic) bond motifs is 1. The van der Waals surface area contributed by atoms with Crippen LogP contribution < -0.4 is 10.9 Å². The van der Waals surface area contributed by atoms with Gasteiger partial charge in [-0.3, -0.25) is 9.36 Å². The van der Waals surface area contributed by atoms with E-state index in [9.17, 15) is 13.2 Å². The summed E-state index contributed by atoms with van der Waals surface area (Å²) in [7, 11) is -1.91. The molecule has 0 bridgehead atoms. The van der Waals surface area contributed by atoms with E-state index in [4.69, 9.17) is 4.74 Å². The molecule has 1 saturated heterocycles. The molecule has 2 fully saturated rings. The van der Waals surface area contributed by atoms with Gasteiger partial charge in [-0.25, -0.2) is 13.4 Å². The van der Waals surface area contributed by atoms with Crippen LogP contribution in [0.5, 0.6) is 0 Å². The fourth-order valence-electron chi connectivity index (χ4n) is 5.13. The van der Waals surface area contributed by atoms with Gasteiger partial charge in [-0.15, -0.1) is 0 Å². The number of aryl methyl sites for hydroxylation is 1. The normalized spacial score (nSPS) is 18.3. The molecule has 5 rings (SSSR count). The molecule has 0 atom stereocenters. The minimum Gasteiger partial charge on any atom is -0.381 e. The molecule has 9 nitrogen and oxygen atoms in total. The summed E-state index contributed by atoms with van der Waals surface area (Å²) in [4.78, 5) is 22.0. The lowest BCUT2D eigenvalue weighted by Gasteiger charge is -2.30. The number of anilines is 2. The van der Waals surface area contributed by atoms with Gasteiger partial charge >= 0.3 is 0 Å². The van der Waals surface area contributed by atoms with Crippen molar-refractivity contribution in [2.75, 3.05) is 25.5 Å². The summed E-state index contributed by atoms with van der Waals surface area (Å²) in [6.45, 7) is 2.76. The van der Waals surface area contributed by atoms with Gasteiger partial charge in [0.25, 0.3) is 5.56 Å². The Morgan fingerprint density at radius 3 is 2.49 bits per heavy atom. The van der Waals surface area contributed by atoms with Crippen molar-refractivity contribution in [3.05, 3.63) is 52.4 Å². The van der Waals surface area contributed by atoms with E-state index in [1.54, 1.807) is 48.2 Å². The molecule has 1 N–H and O–H groups in total. The van der Waals surface area contributed by atoms with E-state index in [0.717, 1.165) is 36.6 Å². The number of pyridine rings is 1. The van der Waals surface area contributed by atoms with Crippen molar-refractivity contribution < 1.29 is 13.2 Å². The van der Waals surface area contributed by atoms with E-state index in [1.165, 1.54) is 4.31 Å². The van der Waals surface area contributed by atoms with Crippen LogP contribution in [0.15, 0.2) is 46.2 Å². The minimum absolute atomic E-state index is 0.0469. The monoisotopic (exact) mass is 497 g/mol. The number of aromatic nitrogens is 3. The number of sulfonamides is 1. The molecule has 3 heterocycles. The van der Waals surface area contributed by atoms with Gasteiger partial charge in [-0.2, -0.15) is 9.29 Å². The summed E-state index contributed by atoms with van der Waals surface area (Å²) in [6.07, 6.45) is 7.40. The van der Waals surface area contributed by atoms with Crippen LogP contribution in [0.25, 0.3) is 11.0 Å². The van der Waals surface area contributed by atoms with Gasteiger partial charge in [0.05, 0.1) is 11.0 Å². The van der Waals surface area contributed by atoms with Crippen molar-refractivity contribution in [3.8, 4) is 0 Å². The lowest BCUT2D eigenvalue weighted by Crippen LogP contribution is -2.40. The third-order valence-electron chi connectivity index (χ3n) is 7.17. The molecule has 2 aliphatic rings. The molecule has 1 aliphatic carbocycles. The lowest BCUT2D eigenvalue weighted by atomic mass is 10.1. The van der Waals surface area contributed by atoms with E-state index >= 15 is 0 Å². The molecular formula is C25H31N5O4S. The van der Waals surface area contributed by atoms with Gasteiger partial charge in [0.15, 0.2) is 0 Å². The van der Waals surface area contributed by atoms with Crippen molar-refractivity contribution in [1.82, 2.24) is 18.8 Å². The zero-order valence-electron chi connectivity index (χ0n) is 20.1. The van der Waals surface area contributed by atoms with Gasteiger partial charge in [0, 0.05) is 49.6 Å². The number of nitrogens with one attached hydrogen (secondary N) is 1. The van der Waals surface area contributed by atoms with Gasteiger partial charge in [0.1, 0.15) is 5.65 Å². The maximum atomic E-state index is 13.2. The second kappa shape index (κ2) is 9.67. The van der Waals surface area contributed by atoms with E-state index in [0.29, 0.717) is 43.2 Å². The average molecular weight is 498 g/mol. The van der Waals surface area contributed by atoms with Crippen molar-refractivity contribution in [1.29, 1.82) is 0 Å². The van der Waals surface area contributed by atoms with Crippen molar-refractivity contribution in [2.45, 2.75) is 62.5 Å². The van der Waals surface area contributed by atoms with Crippen molar-refractivity contribution in [2.24, 2.45) is 0 Å². The predicted octanol–water partition coefficient (Wildman–Crippen LogP) is 3.76. The molecule has 1 saturated carbocycles. The number of methoxy groups -OCH3 is 1. The molecule has 35 heavy (non-hydrogen) atoms. The van der Waals surface area contributed by atoms with Crippen LogP contribution in [0, 0.1) is 6.92 Å². The zero-order chi connectivity index (χ0) is 24.6. The average Bonchev–Trinajstić information content (AvgIpc) is 3.39. The number of rotatable bonds is 6. The topological polar surface area (TPSA) is 106 Å². The number of piperidine rings is 1. The number of hydrogen-bond acceptors (Lipinski definition) is 7. The third kappa shape index (κ3) is 4.70. The summed E-state index contributed by atoms with van der Waals surface area (Å²) in [5.41, 5.74) is 2.06. The van der Waals surface area contributed by atoms with Crippen molar-refractivity contribution in [3.63, 3.8) is 0 Å². The quantitative estimate of drug-likeness (QED) is 0.553. The number of hydrogen-bond donors (Lipinski definition) is 1. The highest BCUT2D eigenvalue weighted by Crippen LogP contribution is 2.31. The summed E-state index contributed by atoms with van der Waals surface area (Å²) in [5, 5.41) is 4.03. The molecule has 0 radical (unpaired) electrons. The maximum absolute atomic E-state index is 13.2. The first kappa shape index (κ1) is 23.9. The number of nitrogens with zero attached hydrogens (tertiary/aromatic N) is 4. The largest absolute Gasteiger partial charge is 0.381 e. The lowest BCUT2D eigenvalue weighted by molar-refractivity contribution is 0.0604. The molecule has 2 aromatic heterocycles. The van der Waals surface area contributed by atoms with E-state index in [-0.39, 0.29) is 22.6 Å². The fourth-order valence-corrected chi connectivity index (χ4v) is 6.68. The highest BCUT2D eigenvalue weighted by Gasteiger charge is 2.29. The first-order valence-electron chi connectivity index (χ1n) is 12.2. The highest BCUT2D eigenvalue weighted by molar-refractivity contribution is 7.89. The van der Waals surface area contributed by atoms with Crippen LogP contribution in [0.1, 0.15) is 50.1 Å².